The van der Waals surface area contributed by atoms with Crippen LogP contribution in [0.2, 0.25) is 0 Å². The van der Waals surface area contributed by atoms with Gasteiger partial charge in [-0.15, -0.1) is 0 Å². The van der Waals surface area contributed by atoms with E-state index in [-0.39, 0.29) is 5.91 Å². The third-order valence-corrected chi connectivity index (χ3v) is 1.83. The van der Waals surface area contributed by atoms with E-state index in [0.29, 0.717) is 0 Å². The molecule has 0 bridgehead atoms. The summed E-state index contributed by atoms with van der Waals surface area (Å²) < 4.78 is 0. The number of hydrogen-bond acceptors (Lipinski definition) is 2. The fraction of sp³-hybridized carbons (Fsp3) is 0.625. The van der Waals surface area contributed by atoms with E-state index in [1.807, 2.05) is 6.08 Å². The molecule has 1 saturated heterocycles. The molecule has 0 spiro atoms. The molecule has 1 amide bonds. The Morgan fingerprint density at radius 1 is 1.64 bits per heavy atom. The molecule has 0 atom stereocenters. The number of likely N-dealkylation sites (N-methyl/N-ethyl adjacent to an activating group) is 1. The molecule has 3 nitrogen and oxygen atoms in total. The molecule has 11 heavy (non-hydrogen) atoms. The van der Waals surface area contributed by atoms with Crippen LogP contribution >= 0.6 is 0 Å². The van der Waals surface area contributed by atoms with Crippen LogP contribution in [0, 0.1) is 0 Å². The summed E-state index contributed by atoms with van der Waals surface area (Å²) in [5.41, 5.74) is 0. The van der Waals surface area contributed by atoms with Gasteiger partial charge < -0.3 is 5.32 Å². The van der Waals surface area contributed by atoms with Gasteiger partial charge in [0.1, 0.15) is 0 Å². The van der Waals surface area contributed by atoms with Crippen molar-refractivity contribution in [2.24, 2.45) is 0 Å². The van der Waals surface area contributed by atoms with Crippen molar-refractivity contribution in [3.8, 4) is 0 Å². The summed E-state index contributed by atoms with van der Waals surface area (Å²) in [5, 5.41) is 2.53. The van der Waals surface area contributed by atoms with Crippen molar-refractivity contribution in [3.63, 3.8) is 0 Å². The van der Waals surface area contributed by atoms with Gasteiger partial charge in [0.15, 0.2) is 0 Å². The summed E-state index contributed by atoms with van der Waals surface area (Å²) in [6.07, 6.45) is 4.78. The number of nitrogens with one attached hydrogen (secondary N) is 1. The van der Waals surface area contributed by atoms with Gasteiger partial charge in [0.2, 0.25) is 5.91 Å². The molecule has 62 valence electrons. The Kier molecular flexibility index (Phi) is 3.11. The second-order valence-corrected chi connectivity index (χ2v) is 2.67. The lowest BCUT2D eigenvalue weighted by molar-refractivity contribution is -0.116. The van der Waals surface area contributed by atoms with Gasteiger partial charge in [-0.2, -0.15) is 0 Å². The number of amides is 1. The Morgan fingerprint density at radius 2 is 2.36 bits per heavy atom. The molecule has 1 rings (SSSR count). The van der Waals surface area contributed by atoms with Crippen LogP contribution in [-0.2, 0) is 4.79 Å². The van der Waals surface area contributed by atoms with Gasteiger partial charge in [-0.1, -0.05) is 6.08 Å². The summed E-state index contributed by atoms with van der Waals surface area (Å²) in [7, 11) is 1.64. The molecule has 0 unspecified atom stereocenters. The molecule has 1 aliphatic rings. The number of hydrogen-bond donors (Lipinski definition) is 1. The zero-order valence-corrected chi connectivity index (χ0v) is 6.84. The quantitative estimate of drug-likeness (QED) is 0.580. The zero-order valence-electron chi connectivity index (χ0n) is 6.84. The number of rotatable bonds is 3. The predicted octanol–water partition coefficient (Wildman–Crippen LogP) is -0.00570. The third-order valence-electron chi connectivity index (χ3n) is 1.83. The molecule has 0 aromatic heterocycles. The second kappa shape index (κ2) is 4.13. The van der Waals surface area contributed by atoms with Crippen molar-refractivity contribution in [3.05, 3.63) is 12.2 Å². The van der Waals surface area contributed by atoms with Crippen molar-refractivity contribution in [2.75, 3.05) is 26.7 Å². The largest absolute Gasteiger partial charge is 0.356 e. The first-order valence-electron chi connectivity index (χ1n) is 3.93. The normalized spacial score (nSPS) is 18.3. The molecular weight excluding hydrogens is 140 g/mol. The van der Waals surface area contributed by atoms with Crippen molar-refractivity contribution >= 4 is 5.91 Å². The number of carbonyl (C=O) groups excluding carboxylic acids is 1. The second-order valence-electron chi connectivity index (χ2n) is 2.67. The molecule has 0 saturated carbocycles. The van der Waals surface area contributed by atoms with Gasteiger partial charge in [0.25, 0.3) is 0 Å². The topological polar surface area (TPSA) is 32.3 Å². The SMILES string of the molecule is CNC(=O)/C=C/CN1CCC1. The number of carbonyl (C=O) groups is 1. The Balaban J connectivity index is 2.09. The molecule has 3 heteroatoms. The van der Waals surface area contributed by atoms with E-state index in [2.05, 4.69) is 10.2 Å². The first-order chi connectivity index (χ1) is 5.33. The highest BCUT2D eigenvalue weighted by molar-refractivity contribution is 5.87. The van der Waals surface area contributed by atoms with Crippen molar-refractivity contribution in [1.82, 2.24) is 10.2 Å². The Labute approximate surface area is 67.1 Å². The van der Waals surface area contributed by atoms with Crippen LogP contribution in [0.5, 0.6) is 0 Å². The van der Waals surface area contributed by atoms with E-state index in [9.17, 15) is 4.79 Å². The average Bonchev–Trinajstić information content (AvgIpc) is 1.94. The van der Waals surface area contributed by atoms with Crippen LogP contribution < -0.4 is 5.32 Å². The molecule has 1 heterocycles. The van der Waals surface area contributed by atoms with Crippen LogP contribution in [-0.4, -0.2) is 37.5 Å². The average molecular weight is 154 g/mol. The van der Waals surface area contributed by atoms with Gasteiger partial charge in [-0.25, -0.2) is 0 Å². The molecule has 1 aliphatic heterocycles. The van der Waals surface area contributed by atoms with E-state index < -0.39 is 0 Å². The molecule has 0 aliphatic carbocycles. The lowest BCUT2D eigenvalue weighted by atomic mass is 10.2. The Bertz CT molecular complexity index is 161. The van der Waals surface area contributed by atoms with Gasteiger partial charge in [0, 0.05) is 19.7 Å². The molecule has 1 fully saturated rings. The Morgan fingerprint density at radius 3 is 2.82 bits per heavy atom. The molecule has 1 N–H and O–H groups in total. The standard InChI is InChI=1S/C8H14N2O/c1-9-8(11)4-2-5-10-6-3-7-10/h2,4H,3,5-7H2,1H3,(H,9,11)/b4-2+. The van der Waals surface area contributed by atoms with E-state index in [1.54, 1.807) is 13.1 Å². The summed E-state index contributed by atoms with van der Waals surface area (Å²) in [6.45, 7) is 3.27. The third kappa shape index (κ3) is 2.72. The van der Waals surface area contributed by atoms with Crippen LogP contribution in [0.3, 0.4) is 0 Å². The fourth-order valence-corrected chi connectivity index (χ4v) is 0.956. The van der Waals surface area contributed by atoms with Crippen molar-refractivity contribution in [2.45, 2.75) is 6.42 Å². The highest BCUT2D eigenvalue weighted by Gasteiger charge is 2.10. The first-order valence-corrected chi connectivity index (χ1v) is 3.93. The van der Waals surface area contributed by atoms with E-state index in [4.69, 9.17) is 0 Å². The maximum Gasteiger partial charge on any atom is 0.243 e. The Hall–Kier alpha value is -0.830. The van der Waals surface area contributed by atoms with Gasteiger partial charge in [-0.05, 0) is 19.5 Å². The summed E-state index contributed by atoms with van der Waals surface area (Å²) in [6, 6.07) is 0. The number of nitrogens with zero attached hydrogens (tertiary/aromatic N) is 1. The van der Waals surface area contributed by atoms with E-state index in [0.717, 1.165) is 6.54 Å². The fourth-order valence-electron chi connectivity index (χ4n) is 0.956. The van der Waals surface area contributed by atoms with Crippen LogP contribution in [0.1, 0.15) is 6.42 Å². The highest BCUT2D eigenvalue weighted by Crippen LogP contribution is 2.03. The molecule has 0 aromatic carbocycles. The highest BCUT2D eigenvalue weighted by atomic mass is 16.1. The molecule has 0 aromatic rings. The van der Waals surface area contributed by atoms with Crippen LogP contribution in [0.15, 0.2) is 12.2 Å². The minimum atomic E-state index is -0.0227. The zero-order chi connectivity index (χ0) is 8.10. The number of likely N-dealkylation sites (tertiary alicyclic amines) is 1. The molecule has 0 radical (unpaired) electrons. The smallest absolute Gasteiger partial charge is 0.243 e. The minimum absolute atomic E-state index is 0.0227. The van der Waals surface area contributed by atoms with Crippen molar-refractivity contribution < 1.29 is 4.79 Å². The lowest BCUT2D eigenvalue weighted by Crippen LogP contribution is -2.37. The first kappa shape index (κ1) is 8.27. The van der Waals surface area contributed by atoms with E-state index in [1.165, 1.54) is 19.5 Å². The van der Waals surface area contributed by atoms with Crippen molar-refractivity contribution in [1.29, 1.82) is 0 Å². The van der Waals surface area contributed by atoms with Crippen LogP contribution in [0.25, 0.3) is 0 Å². The van der Waals surface area contributed by atoms with Gasteiger partial charge >= 0.3 is 0 Å². The van der Waals surface area contributed by atoms with Crippen LogP contribution in [0.4, 0.5) is 0 Å². The van der Waals surface area contributed by atoms with E-state index >= 15 is 0 Å². The summed E-state index contributed by atoms with van der Waals surface area (Å²) in [4.78, 5) is 13.0. The molecular formula is C8H14N2O. The maximum atomic E-state index is 10.7. The summed E-state index contributed by atoms with van der Waals surface area (Å²) >= 11 is 0. The maximum absolute atomic E-state index is 10.7. The minimum Gasteiger partial charge on any atom is -0.356 e. The van der Waals surface area contributed by atoms with Gasteiger partial charge in [0.05, 0.1) is 0 Å². The van der Waals surface area contributed by atoms with Gasteiger partial charge in [-0.3, -0.25) is 9.69 Å². The lowest BCUT2D eigenvalue weighted by Gasteiger charge is -2.29. The monoisotopic (exact) mass is 154 g/mol. The predicted molar refractivity (Wildman–Crippen MR) is 44.3 cm³/mol. The summed E-state index contributed by atoms with van der Waals surface area (Å²) in [5.74, 6) is -0.0227.